The van der Waals surface area contributed by atoms with Crippen LogP contribution in [-0.2, 0) is 0 Å². The van der Waals surface area contributed by atoms with Crippen LogP contribution in [0.2, 0.25) is 5.02 Å². The van der Waals surface area contributed by atoms with Crippen molar-refractivity contribution in [2.24, 2.45) is 0 Å². The van der Waals surface area contributed by atoms with Gasteiger partial charge in [-0.1, -0.05) is 35.0 Å². The highest BCUT2D eigenvalue weighted by Crippen LogP contribution is 2.27. The summed E-state index contributed by atoms with van der Waals surface area (Å²) in [4.78, 5) is 0. The molecule has 17 heavy (non-hydrogen) atoms. The van der Waals surface area contributed by atoms with E-state index in [1.54, 1.807) is 10.7 Å². The van der Waals surface area contributed by atoms with Gasteiger partial charge in [-0.05, 0) is 24.3 Å². The molecule has 0 atom stereocenters. The van der Waals surface area contributed by atoms with E-state index in [9.17, 15) is 0 Å². The lowest BCUT2D eigenvalue weighted by Gasteiger charge is -2.06. The molecule has 0 saturated heterocycles. The van der Waals surface area contributed by atoms with Crippen LogP contribution in [-0.4, -0.2) is 15.0 Å². The van der Waals surface area contributed by atoms with E-state index in [-0.39, 0.29) is 0 Å². The molecule has 0 saturated carbocycles. The van der Waals surface area contributed by atoms with Crippen molar-refractivity contribution in [2.45, 2.75) is 0 Å². The van der Waals surface area contributed by atoms with Crippen LogP contribution < -0.4 is 5.73 Å². The third-order valence-corrected chi connectivity index (χ3v) is 2.94. The molecule has 0 unspecified atom stereocenters. The molecule has 0 aliphatic carbocycles. The summed E-state index contributed by atoms with van der Waals surface area (Å²) in [7, 11) is 0. The first-order chi connectivity index (χ1) is 8.27. The van der Waals surface area contributed by atoms with Crippen LogP contribution in [0.15, 0.2) is 42.5 Å². The van der Waals surface area contributed by atoms with Gasteiger partial charge in [0.15, 0.2) is 0 Å². The first kappa shape index (κ1) is 10.1. The topological polar surface area (TPSA) is 56.7 Å². The summed E-state index contributed by atoms with van der Waals surface area (Å²) in [5.41, 5.74) is 8.92. The molecular formula is C12H9ClN4. The Morgan fingerprint density at radius 3 is 2.76 bits per heavy atom. The van der Waals surface area contributed by atoms with E-state index < -0.39 is 0 Å². The first-order valence-corrected chi connectivity index (χ1v) is 5.50. The number of rotatable bonds is 1. The second kappa shape index (κ2) is 3.75. The van der Waals surface area contributed by atoms with Crippen molar-refractivity contribution in [3.8, 4) is 5.69 Å². The fourth-order valence-electron chi connectivity index (χ4n) is 1.76. The Labute approximate surface area is 103 Å². The van der Waals surface area contributed by atoms with Gasteiger partial charge >= 0.3 is 0 Å². The normalized spacial score (nSPS) is 10.9. The summed E-state index contributed by atoms with van der Waals surface area (Å²) in [6.07, 6.45) is 0. The first-order valence-electron chi connectivity index (χ1n) is 5.12. The number of nitrogen functional groups attached to an aromatic ring is 1. The van der Waals surface area contributed by atoms with Gasteiger partial charge in [0.25, 0.3) is 0 Å². The number of nitrogens with zero attached hydrogens (tertiary/aromatic N) is 3. The summed E-state index contributed by atoms with van der Waals surface area (Å²) in [6.45, 7) is 0. The number of aromatic nitrogens is 3. The van der Waals surface area contributed by atoms with Crippen LogP contribution in [0.5, 0.6) is 0 Å². The van der Waals surface area contributed by atoms with Crippen LogP contribution in [0, 0.1) is 0 Å². The maximum atomic E-state index is 6.00. The van der Waals surface area contributed by atoms with Gasteiger partial charge in [-0.3, -0.25) is 0 Å². The van der Waals surface area contributed by atoms with Gasteiger partial charge in [-0.25, -0.2) is 4.68 Å². The van der Waals surface area contributed by atoms with Gasteiger partial charge in [0.2, 0.25) is 0 Å². The highest BCUT2D eigenvalue weighted by atomic mass is 35.5. The molecule has 0 bridgehead atoms. The maximum Gasteiger partial charge on any atom is 0.113 e. The highest BCUT2D eigenvalue weighted by Gasteiger charge is 2.09. The SMILES string of the molecule is Nc1c(Cl)cccc1-n1nnc2ccccc21. The van der Waals surface area contributed by atoms with E-state index in [4.69, 9.17) is 17.3 Å². The molecule has 0 aliphatic rings. The van der Waals surface area contributed by atoms with Crippen molar-refractivity contribution in [1.82, 2.24) is 15.0 Å². The Kier molecular flexibility index (Phi) is 2.23. The van der Waals surface area contributed by atoms with Crippen molar-refractivity contribution in [3.05, 3.63) is 47.5 Å². The van der Waals surface area contributed by atoms with Crippen molar-refractivity contribution < 1.29 is 0 Å². The molecule has 0 fully saturated rings. The average Bonchev–Trinajstić information content (AvgIpc) is 2.77. The second-order valence-electron chi connectivity index (χ2n) is 3.66. The average molecular weight is 245 g/mol. The quantitative estimate of drug-likeness (QED) is 0.670. The van der Waals surface area contributed by atoms with Crippen molar-refractivity contribution >= 4 is 28.3 Å². The fraction of sp³-hybridized carbons (Fsp3) is 0. The largest absolute Gasteiger partial charge is 0.396 e. The number of hydrogen-bond acceptors (Lipinski definition) is 3. The van der Waals surface area contributed by atoms with Gasteiger partial charge < -0.3 is 5.73 Å². The zero-order valence-electron chi connectivity index (χ0n) is 8.84. The highest BCUT2D eigenvalue weighted by molar-refractivity contribution is 6.33. The fourth-order valence-corrected chi connectivity index (χ4v) is 1.93. The molecule has 3 aromatic rings. The van der Waals surface area contributed by atoms with Crippen LogP contribution in [0.4, 0.5) is 5.69 Å². The number of anilines is 1. The Balaban J connectivity index is 2.31. The summed E-state index contributed by atoms with van der Waals surface area (Å²) in [5, 5.41) is 8.69. The van der Waals surface area contributed by atoms with E-state index in [0.717, 1.165) is 16.7 Å². The van der Waals surface area contributed by atoms with Crippen LogP contribution in [0.25, 0.3) is 16.7 Å². The second-order valence-corrected chi connectivity index (χ2v) is 4.07. The van der Waals surface area contributed by atoms with Gasteiger partial charge in [-0.2, -0.15) is 0 Å². The predicted molar refractivity (Wildman–Crippen MR) is 68.3 cm³/mol. The maximum absolute atomic E-state index is 6.00. The van der Waals surface area contributed by atoms with E-state index in [1.165, 1.54) is 0 Å². The number of para-hydroxylation sites is 2. The lowest BCUT2D eigenvalue weighted by molar-refractivity contribution is 0.826. The molecule has 3 rings (SSSR count). The van der Waals surface area contributed by atoms with Gasteiger partial charge in [0.05, 0.1) is 21.9 Å². The number of hydrogen-bond donors (Lipinski definition) is 1. The lowest BCUT2D eigenvalue weighted by Crippen LogP contribution is -2.01. The van der Waals surface area contributed by atoms with Crippen LogP contribution in [0.1, 0.15) is 0 Å². The molecule has 5 heteroatoms. The minimum absolute atomic E-state index is 0.504. The molecule has 84 valence electrons. The number of fused-ring (bicyclic) bond motifs is 1. The Morgan fingerprint density at radius 1 is 1.06 bits per heavy atom. The Bertz CT molecular complexity index is 690. The van der Waals surface area contributed by atoms with Crippen molar-refractivity contribution in [3.63, 3.8) is 0 Å². The molecule has 4 nitrogen and oxygen atoms in total. The Hall–Kier alpha value is -2.07. The molecule has 0 amide bonds. The molecule has 0 radical (unpaired) electrons. The van der Waals surface area contributed by atoms with Gasteiger partial charge in [-0.15, -0.1) is 5.10 Å². The van der Waals surface area contributed by atoms with E-state index in [2.05, 4.69) is 10.3 Å². The summed E-state index contributed by atoms with van der Waals surface area (Å²) >= 11 is 6.00. The molecular weight excluding hydrogens is 236 g/mol. The van der Waals surface area contributed by atoms with Crippen LogP contribution >= 0.6 is 11.6 Å². The van der Waals surface area contributed by atoms with E-state index >= 15 is 0 Å². The third-order valence-electron chi connectivity index (χ3n) is 2.61. The monoisotopic (exact) mass is 244 g/mol. The minimum atomic E-state index is 0.504. The number of halogens is 1. The standard InChI is InChI=1S/C12H9ClN4/c13-8-4-3-7-11(12(8)14)17-10-6-2-1-5-9(10)15-16-17/h1-7H,14H2. The zero-order chi connectivity index (χ0) is 11.8. The number of benzene rings is 2. The summed E-state index contributed by atoms with van der Waals surface area (Å²) in [5.74, 6) is 0. The van der Waals surface area contributed by atoms with Crippen LogP contribution in [0.3, 0.4) is 0 Å². The molecule has 2 N–H and O–H groups in total. The summed E-state index contributed by atoms with van der Waals surface area (Å²) < 4.78 is 1.69. The van der Waals surface area contributed by atoms with Crippen molar-refractivity contribution in [2.75, 3.05) is 5.73 Å². The Morgan fingerprint density at radius 2 is 1.88 bits per heavy atom. The van der Waals surface area contributed by atoms with Crippen molar-refractivity contribution in [1.29, 1.82) is 0 Å². The zero-order valence-corrected chi connectivity index (χ0v) is 9.59. The van der Waals surface area contributed by atoms with Gasteiger partial charge in [0.1, 0.15) is 5.52 Å². The summed E-state index contributed by atoms with van der Waals surface area (Å²) in [6, 6.07) is 13.1. The van der Waals surface area contributed by atoms with E-state index in [0.29, 0.717) is 10.7 Å². The lowest BCUT2D eigenvalue weighted by atomic mass is 10.2. The molecule has 2 aromatic carbocycles. The third kappa shape index (κ3) is 1.54. The molecule has 1 heterocycles. The van der Waals surface area contributed by atoms with Gasteiger partial charge in [0, 0.05) is 0 Å². The molecule has 0 spiro atoms. The van der Waals surface area contributed by atoms with E-state index in [1.807, 2.05) is 36.4 Å². The predicted octanol–water partition coefficient (Wildman–Crippen LogP) is 2.66. The molecule has 1 aromatic heterocycles. The molecule has 0 aliphatic heterocycles. The minimum Gasteiger partial charge on any atom is -0.396 e. The smallest absolute Gasteiger partial charge is 0.113 e. The number of nitrogens with two attached hydrogens (primary N) is 1.